The largest absolute Gasteiger partial charge is 1.00 e. The normalized spacial score (nSPS) is 16.0. The van der Waals surface area contributed by atoms with Gasteiger partial charge in [0.1, 0.15) is 5.69 Å². The first-order chi connectivity index (χ1) is 10.4. The SMILES string of the molecule is O=C([O-])CCCN1CCN(c2ccc(C(F)(F)F)nc2)CC1.[Li+]. The van der Waals surface area contributed by atoms with Gasteiger partial charge in [-0.1, -0.05) is 0 Å². The van der Waals surface area contributed by atoms with Gasteiger partial charge in [-0.15, -0.1) is 0 Å². The molecule has 0 radical (unpaired) electrons. The van der Waals surface area contributed by atoms with Crippen LogP contribution in [0.5, 0.6) is 0 Å². The van der Waals surface area contributed by atoms with Crippen molar-refractivity contribution in [3.05, 3.63) is 24.0 Å². The van der Waals surface area contributed by atoms with Gasteiger partial charge in [0.05, 0.1) is 11.9 Å². The quantitative estimate of drug-likeness (QED) is 0.574. The Morgan fingerprint density at radius 2 is 1.87 bits per heavy atom. The van der Waals surface area contributed by atoms with Crippen LogP contribution in [0.2, 0.25) is 0 Å². The number of hydrogen-bond acceptors (Lipinski definition) is 5. The number of pyridine rings is 1. The summed E-state index contributed by atoms with van der Waals surface area (Å²) in [5.74, 6) is -1.05. The maximum absolute atomic E-state index is 12.5. The van der Waals surface area contributed by atoms with Gasteiger partial charge in [0.25, 0.3) is 0 Å². The molecule has 0 bridgehead atoms. The Bertz CT molecular complexity index is 503. The first kappa shape index (κ1) is 19.8. The summed E-state index contributed by atoms with van der Waals surface area (Å²) < 4.78 is 37.4. The summed E-state index contributed by atoms with van der Waals surface area (Å²) in [6.07, 6.45) is -2.59. The Morgan fingerprint density at radius 3 is 2.35 bits per heavy atom. The third-order valence-corrected chi connectivity index (χ3v) is 3.63. The Balaban J connectivity index is 0.00000264. The van der Waals surface area contributed by atoms with E-state index in [-0.39, 0.29) is 25.3 Å². The van der Waals surface area contributed by atoms with Crippen molar-refractivity contribution in [1.29, 1.82) is 0 Å². The number of aromatic nitrogens is 1. The molecule has 5 nitrogen and oxygen atoms in total. The standard InChI is InChI=1S/C14H18F3N3O2.Li/c15-14(16,17)12-4-3-11(10-18-12)20-8-6-19(7-9-20)5-1-2-13(21)22;/h3-4,10H,1-2,5-9H2,(H,21,22);/q;+1/p-1. The maximum Gasteiger partial charge on any atom is 1.00 e. The van der Waals surface area contributed by atoms with E-state index >= 15 is 0 Å². The molecule has 1 saturated heterocycles. The van der Waals surface area contributed by atoms with Gasteiger partial charge in [-0.25, -0.2) is 4.98 Å². The van der Waals surface area contributed by atoms with E-state index in [1.54, 1.807) is 0 Å². The Morgan fingerprint density at radius 1 is 1.22 bits per heavy atom. The third kappa shape index (κ3) is 6.05. The molecule has 2 heterocycles. The fourth-order valence-corrected chi connectivity index (χ4v) is 2.42. The predicted octanol–water partition coefficient (Wildman–Crippen LogP) is -2.24. The van der Waals surface area contributed by atoms with E-state index in [1.165, 1.54) is 12.3 Å². The van der Waals surface area contributed by atoms with E-state index < -0.39 is 17.8 Å². The number of rotatable bonds is 5. The number of halogens is 3. The molecule has 1 aromatic heterocycles. The first-order valence-corrected chi connectivity index (χ1v) is 7.06. The second kappa shape index (κ2) is 8.57. The third-order valence-electron chi connectivity index (χ3n) is 3.63. The topological polar surface area (TPSA) is 59.5 Å². The van der Waals surface area contributed by atoms with Crippen LogP contribution >= 0.6 is 0 Å². The fraction of sp³-hybridized carbons (Fsp3) is 0.571. The molecule has 0 aromatic carbocycles. The zero-order valence-electron chi connectivity index (χ0n) is 13.0. The van der Waals surface area contributed by atoms with Crippen molar-refractivity contribution in [2.45, 2.75) is 19.0 Å². The summed E-state index contributed by atoms with van der Waals surface area (Å²) in [6.45, 7) is 3.53. The van der Waals surface area contributed by atoms with Crippen LogP contribution in [-0.4, -0.2) is 48.6 Å². The van der Waals surface area contributed by atoms with Gasteiger partial charge >= 0.3 is 25.0 Å². The Labute approximate surface area is 144 Å². The number of nitrogens with zero attached hydrogens (tertiary/aromatic N) is 3. The number of hydrogen-bond donors (Lipinski definition) is 0. The van der Waals surface area contributed by atoms with Gasteiger partial charge in [-0.3, -0.25) is 4.90 Å². The number of carbonyl (C=O) groups excluding carboxylic acids is 1. The van der Waals surface area contributed by atoms with Gasteiger partial charge in [0, 0.05) is 32.1 Å². The van der Waals surface area contributed by atoms with Crippen LogP contribution in [0.3, 0.4) is 0 Å². The van der Waals surface area contributed by atoms with Crippen LogP contribution in [-0.2, 0) is 11.0 Å². The van der Waals surface area contributed by atoms with Gasteiger partial charge in [0.15, 0.2) is 0 Å². The molecular formula is C14H17F3LiN3O2. The molecule has 0 saturated carbocycles. The number of carboxylic acid groups (broad SMARTS) is 1. The van der Waals surface area contributed by atoms with Crippen molar-refractivity contribution < 1.29 is 41.9 Å². The van der Waals surface area contributed by atoms with E-state index in [4.69, 9.17) is 0 Å². The Hall–Kier alpha value is -1.23. The van der Waals surface area contributed by atoms with E-state index in [9.17, 15) is 23.1 Å². The molecule has 0 amide bonds. The van der Waals surface area contributed by atoms with Crippen LogP contribution in [0.25, 0.3) is 0 Å². The van der Waals surface area contributed by atoms with Crippen molar-refractivity contribution in [1.82, 2.24) is 9.88 Å². The van der Waals surface area contributed by atoms with Gasteiger partial charge in [-0.05, 0) is 31.5 Å². The van der Waals surface area contributed by atoms with Crippen molar-refractivity contribution in [3.63, 3.8) is 0 Å². The average Bonchev–Trinajstić information content (AvgIpc) is 2.47. The van der Waals surface area contributed by atoms with Crippen LogP contribution in [0.4, 0.5) is 18.9 Å². The predicted molar refractivity (Wildman–Crippen MR) is 72.1 cm³/mol. The number of carbonyl (C=O) groups is 1. The van der Waals surface area contributed by atoms with Crippen LogP contribution in [0.1, 0.15) is 18.5 Å². The average molecular weight is 323 g/mol. The van der Waals surface area contributed by atoms with Crippen molar-refractivity contribution >= 4 is 11.7 Å². The first-order valence-electron chi connectivity index (χ1n) is 7.06. The fourth-order valence-electron chi connectivity index (χ4n) is 2.42. The molecule has 1 aliphatic heterocycles. The molecular weight excluding hydrogens is 306 g/mol. The van der Waals surface area contributed by atoms with Crippen LogP contribution < -0.4 is 28.9 Å². The number of carboxylic acids is 1. The van der Waals surface area contributed by atoms with E-state index in [2.05, 4.69) is 9.88 Å². The Kier molecular flexibility index (Phi) is 7.38. The molecule has 0 unspecified atom stereocenters. The minimum absolute atomic E-state index is 0. The molecule has 1 fully saturated rings. The number of anilines is 1. The van der Waals surface area contributed by atoms with Crippen LogP contribution in [0.15, 0.2) is 18.3 Å². The second-order valence-corrected chi connectivity index (χ2v) is 5.20. The summed E-state index contributed by atoms with van der Waals surface area (Å²) in [6, 6.07) is 2.42. The molecule has 0 N–H and O–H groups in total. The summed E-state index contributed by atoms with van der Waals surface area (Å²) in [5.41, 5.74) is -0.223. The van der Waals surface area contributed by atoms with Gasteiger partial charge < -0.3 is 14.8 Å². The second-order valence-electron chi connectivity index (χ2n) is 5.20. The summed E-state index contributed by atoms with van der Waals surface area (Å²) in [4.78, 5) is 17.9. The van der Waals surface area contributed by atoms with Crippen molar-refractivity contribution in [3.8, 4) is 0 Å². The zero-order valence-corrected chi connectivity index (χ0v) is 13.0. The molecule has 23 heavy (non-hydrogen) atoms. The molecule has 1 aliphatic rings. The zero-order chi connectivity index (χ0) is 16.2. The minimum Gasteiger partial charge on any atom is -0.550 e. The molecule has 9 heteroatoms. The van der Waals surface area contributed by atoms with Crippen molar-refractivity contribution in [2.75, 3.05) is 37.6 Å². The van der Waals surface area contributed by atoms with Gasteiger partial charge in [-0.2, -0.15) is 13.2 Å². The number of piperazine rings is 1. The van der Waals surface area contributed by atoms with E-state index in [0.29, 0.717) is 31.7 Å². The molecule has 0 spiro atoms. The van der Waals surface area contributed by atoms with E-state index in [0.717, 1.165) is 19.2 Å². The molecule has 0 aliphatic carbocycles. The molecule has 0 atom stereocenters. The molecule has 2 rings (SSSR count). The maximum atomic E-state index is 12.5. The molecule has 1 aromatic rings. The van der Waals surface area contributed by atoms with Crippen molar-refractivity contribution in [2.24, 2.45) is 0 Å². The summed E-state index contributed by atoms with van der Waals surface area (Å²) in [5, 5.41) is 10.4. The summed E-state index contributed by atoms with van der Waals surface area (Å²) >= 11 is 0. The van der Waals surface area contributed by atoms with E-state index in [1.807, 2.05) is 4.90 Å². The van der Waals surface area contributed by atoms with Crippen LogP contribution in [0, 0.1) is 0 Å². The monoisotopic (exact) mass is 323 g/mol. The van der Waals surface area contributed by atoms with Gasteiger partial charge in [0.2, 0.25) is 0 Å². The number of alkyl halides is 3. The number of aliphatic carboxylic acids is 1. The molecule has 122 valence electrons. The smallest absolute Gasteiger partial charge is 0.550 e. The summed E-state index contributed by atoms with van der Waals surface area (Å²) in [7, 11) is 0. The minimum atomic E-state index is -4.42.